The van der Waals surface area contributed by atoms with Gasteiger partial charge in [-0.2, -0.15) is 0 Å². The fraction of sp³-hybridized carbons (Fsp3) is 0.643. The number of rotatable bonds is 5. The first-order valence-electron chi connectivity index (χ1n) is 12.8. The molecule has 1 amide bonds. The molecule has 10 atom stereocenters. The van der Waals surface area contributed by atoms with Gasteiger partial charge in [-0.15, -0.1) is 0 Å². The quantitative estimate of drug-likeness (QED) is 0.377. The van der Waals surface area contributed by atoms with Crippen LogP contribution in [0.5, 0.6) is 5.75 Å². The molecular formula is C28H39NO6. The van der Waals surface area contributed by atoms with Crippen LogP contribution in [0.2, 0.25) is 0 Å². The van der Waals surface area contributed by atoms with E-state index in [9.17, 15) is 24.9 Å². The normalized spacial score (nSPS) is 41.9. The zero-order chi connectivity index (χ0) is 25.5. The molecule has 1 saturated heterocycles. The van der Waals surface area contributed by atoms with Crippen LogP contribution < -0.4 is 5.32 Å². The SMILES string of the molecule is C/C=C/C1C2CC(C)CCC2C(C)(O)C(OC)C1C(=O)C1C(=O)NCC(c2ccc(O)cc2)C1O. The molecule has 1 heterocycles. The molecule has 0 radical (unpaired) electrons. The molecule has 3 aliphatic rings. The number of ketones is 1. The topological polar surface area (TPSA) is 116 Å². The number of hydrogen-bond donors (Lipinski definition) is 4. The number of phenolic OH excluding ortho intramolecular Hbond substituents is 1. The van der Waals surface area contributed by atoms with Crippen LogP contribution in [-0.4, -0.2) is 58.5 Å². The van der Waals surface area contributed by atoms with Crippen molar-refractivity contribution in [3.63, 3.8) is 0 Å². The number of ether oxygens (including phenoxy) is 1. The maximum absolute atomic E-state index is 14.2. The number of phenols is 1. The second-order valence-electron chi connectivity index (χ2n) is 11.0. The minimum Gasteiger partial charge on any atom is -0.508 e. The maximum Gasteiger partial charge on any atom is 0.233 e. The van der Waals surface area contributed by atoms with Crippen molar-refractivity contribution in [2.24, 2.45) is 35.5 Å². The summed E-state index contributed by atoms with van der Waals surface area (Å²) in [6.07, 6.45) is 4.73. The number of carbonyl (C=O) groups excluding carboxylic acids is 2. The third-order valence-corrected chi connectivity index (χ3v) is 8.88. The summed E-state index contributed by atoms with van der Waals surface area (Å²) in [6.45, 7) is 6.08. The Morgan fingerprint density at radius 2 is 1.91 bits per heavy atom. The Labute approximate surface area is 207 Å². The number of aliphatic hydroxyl groups is 2. The van der Waals surface area contributed by atoms with Gasteiger partial charge in [0.05, 0.1) is 23.7 Å². The summed E-state index contributed by atoms with van der Waals surface area (Å²) in [7, 11) is 1.51. The highest BCUT2D eigenvalue weighted by atomic mass is 16.5. The number of methoxy groups -OCH3 is 1. The Bertz CT molecular complexity index is 957. The Morgan fingerprint density at radius 1 is 1.23 bits per heavy atom. The Hall–Kier alpha value is -2.22. The van der Waals surface area contributed by atoms with Gasteiger partial charge in [0.15, 0.2) is 5.78 Å². The minimum absolute atomic E-state index is 0.0104. The van der Waals surface area contributed by atoms with Crippen molar-refractivity contribution >= 4 is 11.7 Å². The number of Topliss-reactive ketones (excluding diaryl/α,β-unsaturated/α-hetero) is 1. The van der Waals surface area contributed by atoms with E-state index in [1.54, 1.807) is 19.1 Å². The zero-order valence-electron chi connectivity index (χ0n) is 21.1. The second kappa shape index (κ2) is 10.0. The van der Waals surface area contributed by atoms with E-state index in [0.29, 0.717) is 5.92 Å². The molecule has 7 heteroatoms. The Kier molecular flexibility index (Phi) is 7.41. The third-order valence-electron chi connectivity index (χ3n) is 8.88. The predicted molar refractivity (Wildman–Crippen MR) is 132 cm³/mol. The molecule has 192 valence electrons. The van der Waals surface area contributed by atoms with Crippen molar-refractivity contribution in [1.82, 2.24) is 5.32 Å². The van der Waals surface area contributed by atoms with Crippen molar-refractivity contribution in [3.05, 3.63) is 42.0 Å². The van der Waals surface area contributed by atoms with Crippen LogP contribution in [-0.2, 0) is 14.3 Å². The summed E-state index contributed by atoms with van der Waals surface area (Å²) in [5, 5.41) is 35.5. The highest BCUT2D eigenvalue weighted by Crippen LogP contribution is 2.54. The molecular weight excluding hydrogens is 446 g/mol. The van der Waals surface area contributed by atoms with Crippen LogP contribution in [0.15, 0.2) is 36.4 Å². The lowest BCUT2D eigenvalue weighted by Gasteiger charge is -2.56. The number of carbonyl (C=O) groups is 2. The van der Waals surface area contributed by atoms with E-state index in [-0.39, 0.29) is 35.8 Å². The smallest absolute Gasteiger partial charge is 0.233 e. The number of piperidine rings is 1. The van der Waals surface area contributed by atoms with E-state index in [0.717, 1.165) is 24.8 Å². The van der Waals surface area contributed by atoms with E-state index in [1.165, 1.54) is 19.2 Å². The van der Waals surface area contributed by atoms with E-state index in [1.807, 2.05) is 19.1 Å². The second-order valence-corrected chi connectivity index (χ2v) is 11.0. The number of benzene rings is 1. The highest BCUT2D eigenvalue weighted by Gasteiger charge is 2.60. The van der Waals surface area contributed by atoms with E-state index in [2.05, 4.69) is 12.2 Å². The molecule has 0 bridgehead atoms. The lowest BCUT2D eigenvalue weighted by molar-refractivity contribution is -0.206. The summed E-state index contributed by atoms with van der Waals surface area (Å²) in [5.41, 5.74) is -0.497. The fourth-order valence-corrected chi connectivity index (χ4v) is 7.20. The molecule has 4 rings (SSSR count). The molecule has 2 saturated carbocycles. The summed E-state index contributed by atoms with van der Waals surface area (Å²) in [6, 6.07) is 6.45. The number of aliphatic hydroxyl groups excluding tert-OH is 1. The highest BCUT2D eigenvalue weighted by molar-refractivity contribution is 6.04. The first-order chi connectivity index (χ1) is 16.6. The molecule has 1 aliphatic heterocycles. The van der Waals surface area contributed by atoms with Gasteiger partial charge in [-0.1, -0.05) is 37.6 Å². The summed E-state index contributed by atoms with van der Waals surface area (Å²) >= 11 is 0. The first kappa shape index (κ1) is 25.9. The lowest BCUT2D eigenvalue weighted by Crippen LogP contribution is -2.65. The summed E-state index contributed by atoms with van der Waals surface area (Å²) in [5.74, 6) is -2.94. The van der Waals surface area contributed by atoms with Crippen LogP contribution in [0.3, 0.4) is 0 Å². The third kappa shape index (κ3) is 4.54. The average molecular weight is 486 g/mol. The molecule has 3 fully saturated rings. The number of amides is 1. The first-order valence-corrected chi connectivity index (χ1v) is 12.8. The van der Waals surface area contributed by atoms with Gasteiger partial charge in [0.25, 0.3) is 0 Å². The van der Waals surface area contributed by atoms with Crippen LogP contribution in [0.25, 0.3) is 0 Å². The molecule has 0 aromatic heterocycles. The number of hydrogen-bond acceptors (Lipinski definition) is 6. The van der Waals surface area contributed by atoms with Gasteiger partial charge in [-0.25, -0.2) is 0 Å². The standard InChI is InChI=1S/C28H39NO6/c1-5-6-18-19-13-15(2)7-12-21(19)28(3,34)26(35-4)22(18)25(32)23-24(31)20(14-29-27(23)33)16-8-10-17(30)11-9-16/h5-6,8-11,15,18-24,26,30-31,34H,7,12-14H2,1-4H3,(H,29,33)/b6-5+. The van der Waals surface area contributed by atoms with Crippen LogP contribution in [0, 0.1) is 35.5 Å². The van der Waals surface area contributed by atoms with E-state index < -0.39 is 41.5 Å². The maximum atomic E-state index is 14.2. The van der Waals surface area contributed by atoms with Gasteiger partial charge in [0.2, 0.25) is 5.91 Å². The summed E-state index contributed by atoms with van der Waals surface area (Å²) in [4.78, 5) is 27.2. The largest absolute Gasteiger partial charge is 0.508 e. The molecule has 4 N–H and O–H groups in total. The van der Waals surface area contributed by atoms with Crippen molar-refractivity contribution < 1.29 is 29.6 Å². The van der Waals surface area contributed by atoms with Crippen LogP contribution in [0.1, 0.15) is 51.5 Å². The van der Waals surface area contributed by atoms with E-state index in [4.69, 9.17) is 4.74 Å². The fourth-order valence-electron chi connectivity index (χ4n) is 7.20. The number of allylic oxidation sites excluding steroid dienone is 2. The molecule has 1 aromatic carbocycles. The molecule has 0 spiro atoms. The van der Waals surface area contributed by atoms with Gasteiger partial charge in [-0.05, 0) is 68.1 Å². The molecule has 1 aromatic rings. The van der Waals surface area contributed by atoms with Gasteiger partial charge in [0.1, 0.15) is 11.7 Å². The molecule has 2 aliphatic carbocycles. The predicted octanol–water partition coefficient (Wildman–Crippen LogP) is 2.79. The lowest BCUT2D eigenvalue weighted by atomic mass is 9.52. The van der Waals surface area contributed by atoms with E-state index >= 15 is 0 Å². The van der Waals surface area contributed by atoms with Gasteiger partial charge in [-0.3, -0.25) is 9.59 Å². The van der Waals surface area contributed by atoms with Crippen molar-refractivity contribution in [2.45, 2.75) is 63.8 Å². The van der Waals surface area contributed by atoms with Crippen LogP contribution in [0.4, 0.5) is 0 Å². The average Bonchev–Trinajstić information content (AvgIpc) is 2.81. The monoisotopic (exact) mass is 485 g/mol. The summed E-state index contributed by atoms with van der Waals surface area (Å²) < 4.78 is 5.83. The van der Waals surface area contributed by atoms with Gasteiger partial charge < -0.3 is 25.4 Å². The van der Waals surface area contributed by atoms with Crippen LogP contribution >= 0.6 is 0 Å². The molecule has 7 nitrogen and oxygen atoms in total. The number of nitrogens with one attached hydrogen (secondary N) is 1. The van der Waals surface area contributed by atoms with Gasteiger partial charge >= 0.3 is 0 Å². The van der Waals surface area contributed by atoms with Crippen molar-refractivity contribution in [2.75, 3.05) is 13.7 Å². The van der Waals surface area contributed by atoms with Crippen molar-refractivity contribution in [3.8, 4) is 5.75 Å². The number of fused-ring (bicyclic) bond motifs is 1. The minimum atomic E-state index is -1.27. The Balaban J connectivity index is 1.72. The zero-order valence-corrected chi connectivity index (χ0v) is 21.1. The molecule has 10 unspecified atom stereocenters. The van der Waals surface area contributed by atoms with Gasteiger partial charge in [0, 0.05) is 19.6 Å². The molecule has 35 heavy (non-hydrogen) atoms. The Morgan fingerprint density at radius 3 is 2.54 bits per heavy atom. The van der Waals surface area contributed by atoms with Crippen molar-refractivity contribution in [1.29, 1.82) is 0 Å². The number of aromatic hydroxyl groups is 1.